The maximum atomic E-state index is 13.1. The van der Waals surface area contributed by atoms with Crippen LogP contribution in [0.15, 0.2) is 60.7 Å². The first-order valence-electron chi connectivity index (χ1n) is 11.9. The summed E-state index contributed by atoms with van der Waals surface area (Å²) in [5.74, 6) is 0.375. The van der Waals surface area contributed by atoms with E-state index in [2.05, 4.69) is 10.6 Å². The average Bonchev–Trinajstić information content (AvgIpc) is 3.56. The molecule has 2 atom stereocenters. The minimum Gasteiger partial charge on any atom is -0.481 e. The summed E-state index contributed by atoms with van der Waals surface area (Å²) < 4.78 is 60.8. The topological polar surface area (TPSA) is 98.3 Å². The highest BCUT2D eigenvalue weighted by atomic mass is 19.4. The minimum absolute atomic E-state index is 0.0591. The lowest BCUT2D eigenvalue weighted by Gasteiger charge is -2.27. The third-order valence-corrected chi connectivity index (χ3v) is 6.41. The quantitative estimate of drug-likeness (QED) is 0.353. The van der Waals surface area contributed by atoms with Gasteiger partial charge in [-0.3, -0.25) is 4.79 Å². The van der Waals surface area contributed by atoms with Gasteiger partial charge in [0.1, 0.15) is 0 Å². The first-order chi connectivity index (χ1) is 18.3. The van der Waals surface area contributed by atoms with Gasteiger partial charge in [-0.1, -0.05) is 24.3 Å². The number of ether oxygens (including phenoxy) is 4. The molecule has 0 amide bonds. The zero-order valence-corrected chi connectivity index (χ0v) is 20.1. The van der Waals surface area contributed by atoms with Crippen molar-refractivity contribution in [3.63, 3.8) is 0 Å². The second kappa shape index (κ2) is 10.8. The van der Waals surface area contributed by atoms with Crippen molar-refractivity contribution < 1.29 is 42.0 Å². The fraction of sp³-hybridized carbons (Fsp3) is 0.296. The molecular formula is C27H25F3N2O6. The average molecular weight is 530 g/mol. The van der Waals surface area contributed by atoms with Crippen LogP contribution in [0.3, 0.4) is 0 Å². The lowest BCUT2D eigenvalue weighted by molar-refractivity contribution is -0.143. The van der Waals surface area contributed by atoms with Crippen LogP contribution in [0.5, 0.6) is 23.0 Å². The zero-order chi connectivity index (χ0) is 26.7. The smallest absolute Gasteiger partial charge is 0.416 e. The lowest BCUT2D eigenvalue weighted by Crippen LogP contribution is -2.39. The number of hydrogen-bond acceptors (Lipinski definition) is 7. The predicted octanol–water partition coefficient (Wildman–Crippen LogP) is 4.48. The first-order valence-corrected chi connectivity index (χ1v) is 11.9. The van der Waals surface area contributed by atoms with E-state index in [1.54, 1.807) is 18.2 Å². The van der Waals surface area contributed by atoms with Crippen LogP contribution in [-0.4, -0.2) is 31.2 Å². The normalized spacial score (nSPS) is 15.3. The molecule has 2 aliphatic rings. The molecule has 0 radical (unpaired) electrons. The molecule has 0 saturated heterocycles. The number of benzene rings is 3. The third kappa shape index (κ3) is 5.79. The second-order valence-corrected chi connectivity index (χ2v) is 8.93. The van der Waals surface area contributed by atoms with Gasteiger partial charge in [0.25, 0.3) is 0 Å². The van der Waals surface area contributed by atoms with Crippen molar-refractivity contribution in [3.05, 3.63) is 82.9 Å². The Balaban J connectivity index is 1.33. The summed E-state index contributed by atoms with van der Waals surface area (Å²) in [6.07, 6.45) is -4.49. The number of hydrogen-bond donors (Lipinski definition) is 3. The molecule has 0 bridgehead atoms. The highest BCUT2D eigenvalue weighted by Gasteiger charge is 2.33. The van der Waals surface area contributed by atoms with Crippen molar-refractivity contribution in [2.24, 2.45) is 5.92 Å². The highest BCUT2D eigenvalue weighted by molar-refractivity contribution is 5.71. The van der Waals surface area contributed by atoms with Crippen molar-refractivity contribution in [1.29, 1.82) is 0 Å². The fourth-order valence-electron chi connectivity index (χ4n) is 4.42. The summed E-state index contributed by atoms with van der Waals surface area (Å²) in [5.41, 5.74) is 1.31. The minimum atomic E-state index is -4.49. The zero-order valence-electron chi connectivity index (χ0n) is 20.1. The molecule has 0 aliphatic carbocycles. The van der Waals surface area contributed by atoms with Crippen LogP contribution in [0.25, 0.3) is 0 Å². The third-order valence-electron chi connectivity index (χ3n) is 6.41. The Bertz CT molecular complexity index is 1300. The number of fused-ring (bicyclic) bond motifs is 2. The van der Waals surface area contributed by atoms with Crippen LogP contribution >= 0.6 is 0 Å². The van der Waals surface area contributed by atoms with Crippen molar-refractivity contribution in [1.82, 2.24) is 10.6 Å². The lowest BCUT2D eigenvalue weighted by atomic mass is 9.91. The number of aliphatic carboxylic acids is 1. The SMILES string of the molecule is O=C(O)C(CNCc1ccc2c(c1)OCO2)C(NCc1ccc2c(c1)OCO2)c1ccc(C(F)(F)F)cc1. The molecule has 0 aromatic heterocycles. The van der Waals surface area contributed by atoms with Gasteiger partial charge in [-0.05, 0) is 53.1 Å². The number of rotatable bonds is 10. The monoisotopic (exact) mass is 530 g/mol. The molecule has 2 heterocycles. The van der Waals surface area contributed by atoms with E-state index in [4.69, 9.17) is 18.9 Å². The van der Waals surface area contributed by atoms with Crippen LogP contribution in [0.4, 0.5) is 13.2 Å². The Morgan fingerprint density at radius 1 is 0.816 bits per heavy atom. The Kier molecular flexibility index (Phi) is 7.30. The van der Waals surface area contributed by atoms with Crippen LogP contribution in [0.2, 0.25) is 0 Å². The first kappa shape index (κ1) is 25.7. The fourth-order valence-corrected chi connectivity index (χ4v) is 4.42. The Labute approximate surface area is 216 Å². The second-order valence-electron chi connectivity index (χ2n) is 8.93. The maximum absolute atomic E-state index is 13.1. The van der Waals surface area contributed by atoms with Crippen LogP contribution in [0, 0.1) is 5.92 Å². The van der Waals surface area contributed by atoms with E-state index in [9.17, 15) is 23.1 Å². The van der Waals surface area contributed by atoms with Gasteiger partial charge in [0.05, 0.1) is 11.5 Å². The van der Waals surface area contributed by atoms with Gasteiger partial charge >= 0.3 is 12.1 Å². The molecule has 2 unspecified atom stereocenters. The van der Waals surface area contributed by atoms with Crippen LogP contribution in [0.1, 0.15) is 28.3 Å². The molecule has 5 rings (SSSR count). The van der Waals surface area contributed by atoms with Gasteiger partial charge in [-0.25, -0.2) is 0 Å². The van der Waals surface area contributed by atoms with Crippen molar-refractivity contribution >= 4 is 5.97 Å². The van der Waals surface area contributed by atoms with Crippen molar-refractivity contribution in [2.45, 2.75) is 25.3 Å². The Morgan fingerprint density at radius 3 is 1.92 bits per heavy atom. The molecule has 8 nitrogen and oxygen atoms in total. The van der Waals surface area contributed by atoms with Gasteiger partial charge in [0.15, 0.2) is 23.0 Å². The number of carboxylic acid groups (broad SMARTS) is 1. The molecule has 3 N–H and O–H groups in total. The summed E-state index contributed by atoms with van der Waals surface area (Å²) in [6.45, 7) is 0.952. The van der Waals surface area contributed by atoms with E-state index in [0.717, 1.165) is 23.3 Å². The summed E-state index contributed by atoms with van der Waals surface area (Å²) >= 11 is 0. The molecule has 3 aromatic rings. The largest absolute Gasteiger partial charge is 0.481 e. The van der Waals surface area contributed by atoms with Crippen molar-refractivity contribution in [2.75, 3.05) is 20.1 Å². The van der Waals surface area contributed by atoms with Crippen molar-refractivity contribution in [3.8, 4) is 23.0 Å². The number of carbonyl (C=O) groups is 1. The Morgan fingerprint density at radius 2 is 1.37 bits per heavy atom. The van der Waals surface area contributed by atoms with Crippen LogP contribution in [-0.2, 0) is 24.1 Å². The van der Waals surface area contributed by atoms with E-state index >= 15 is 0 Å². The van der Waals surface area contributed by atoms with E-state index in [0.29, 0.717) is 35.1 Å². The molecule has 11 heteroatoms. The molecule has 3 aromatic carbocycles. The number of carboxylic acids is 1. The predicted molar refractivity (Wildman–Crippen MR) is 129 cm³/mol. The summed E-state index contributed by atoms with van der Waals surface area (Å²) in [7, 11) is 0. The molecular weight excluding hydrogens is 505 g/mol. The van der Waals surface area contributed by atoms with Crippen LogP contribution < -0.4 is 29.6 Å². The molecule has 2 aliphatic heterocycles. The number of halogens is 3. The summed E-state index contributed by atoms with van der Waals surface area (Å²) in [5, 5.41) is 16.5. The molecule has 0 fully saturated rings. The molecule has 38 heavy (non-hydrogen) atoms. The number of alkyl halides is 3. The summed E-state index contributed by atoms with van der Waals surface area (Å²) in [4.78, 5) is 12.4. The number of nitrogens with one attached hydrogen (secondary N) is 2. The van der Waals surface area contributed by atoms with Gasteiger partial charge in [-0.15, -0.1) is 0 Å². The van der Waals surface area contributed by atoms with E-state index in [1.165, 1.54) is 12.1 Å². The standard InChI is InChI=1S/C27H25F3N2O6/c28-27(29,30)19-5-3-18(4-6-19)25(32-12-17-2-8-22-24(10-17)38-15-36-22)20(26(33)34)13-31-11-16-1-7-21-23(9-16)37-14-35-21/h1-10,20,25,31-32H,11-15H2,(H,33,34). The Hall–Kier alpha value is -3.96. The van der Waals surface area contributed by atoms with Gasteiger partial charge in [0, 0.05) is 25.7 Å². The molecule has 0 spiro atoms. The van der Waals surface area contributed by atoms with E-state index in [1.807, 2.05) is 18.2 Å². The van der Waals surface area contributed by atoms with Gasteiger partial charge in [0.2, 0.25) is 13.6 Å². The van der Waals surface area contributed by atoms with E-state index in [-0.39, 0.29) is 26.7 Å². The molecule has 200 valence electrons. The summed E-state index contributed by atoms with van der Waals surface area (Å²) in [6, 6.07) is 14.6. The molecule has 0 saturated carbocycles. The van der Waals surface area contributed by atoms with Gasteiger partial charge < -0.3 is 34.7 Å². The van der Waals surface area contributed by atoms with Gasteiger partial charge in [-0.2, -0.15) is 13.2 Å². The van der Waals surface area contributed by atoms with E-state index < -0.39 is 29.7 Å². The highest BCUT2D eigenvalue weighted by Crippen LogP contribution is 2.35. The maximum Gasteiger partial charge on any atom is 0.416 e.